The summed E-state index contributed by atoms with van der Waals surface area (Å²) in [5.41, 5.74) is 1.26. The van der Waals surface area contributed by atoms with Gasteiger partial charge in [0, 0.05) is 6.42 Å². The second-order valence-electron chi connectivity index (χ2n) is 2.57. The Morgan fingerprint density at radius 2 is 1.91 bits per heavy atom. The lowest BCUT2D eigenvalue weighted by Crippen LogP contribution is -2.32. The van der Waals surface area contributed by atoms with Crippen LogP contribution in [0.25, 0.3) is 0 Å². The van der Waals surface area contributed by atoms with E-state index in [1.807, 2.05) is 18.2 Å². The Kier molecular flexibility index (Phi) is 1.88. The average Bonchev–Trinajstić information content (AvgIpc) is 1.99. The van der Waals surface area contributed by atoms with E-state index in [-0.39, 0.29) is 6.29 Å². The minimum atomic E-state index is -0.00241. The lowest BCUT2D eigenvalue weighted by molar-refractivity contribution is -0.318. The molecule has 0 aromatic heterocycles. The Balaban J connectivity index is 1.95. The summed E-state index contributed by atoms with van der Waals surface area (Å²) >= 11 is 0. The predicted octanol–water partition coefficient (Wildman–Crippen LogP) is 1.56. The predicted molar refractivity (Wildman–Crippen MR) is 41.0 cm³/mol. The van der Waals surface area contributed by atoms with Crippen molar-refractivity contribution >= 4 is 0 Å². The van der Waals surface area contributed by atoms with E-state index in [2.05, 4.69) is 12.1 Å². The second kappa shape index (κ2) is 3.03. The topological polar surface area (TPSA) is 18.5 Å². The van der Waals surface area contributed by atoms with Crippen molar-refractivity contribution in [1.29, 1.82) is 0 Å². The van der Waals surface area contributed by atoms with Crippen molar-refractivity contribution in [2.24, 2.45) is 0 Å². The Bertz CT molecular complexity index is 216. The molecule has 1 saturated heterocycles. The van der Waals surface area contributed by atoms with Crippen LogP contribution < -0.4 is 0 Å². The number of benzene rings is 1. The van der Waals surface area contributed by atoms with Crippen LogP contribution in [0.1, 0.15) is 5.56 Å². The van der Waals surface area contributed by atoms with Crippen LogP contribution in [0.2, 0.25) is 0 Å². The zero-order valence-corrected chi connectivity index (χ0v) is 6.19. The first-order valence-corrected chi connectivity index (χ1v) is 3.72. The summed E-state index contributed by atoms with van der Waals surface area (Å²) < 4.78 is 10.2. The van der Waals surface area contributed by atoms with Gasteiger partial charge in [-0.3, -0.25) is 0 Å². The standard InChI is InChI=1S/C9H10O2/c1-2-4-8(5-3-1)6-9-10-7-11-9/h1-5,9H,6-7H2. The maximum Gasteiger partial charge on any atom is 0.167 e. The summed E-state index contributed by atoms with van der Waals surface area (Å²) in [6.45, 7) is 0.456. The van der Waals surface area contributed by atoms with Gasteiger partial charge in [0.15, 0.2) is 13.1 Å². The van der Waals surface area contributed by atoms with E-state index in [0.717, 1.165) is 6.42 Å². The molecule has 58 valence electrons. The molecule has 2 nitrogen and oxygen atoms in total. The number of rotatable bonds is 2. The fraction of sp³-hybridized carbons (Fsp3) is 0.333. The Hall–Kier alpha value is -0.860. The maximum atomic E-state index is 5.11. The van der Waals surface area contributed by atoms with E-state index in [9.17, 15) is 0 Å². The van der Waals surface area contributed by atoms with Crippen LogP contribution in [0.15, 0.2) is 30.3 Å². The van der Waals surface area contributed by atoms with Gasteiger partial charge in [-0.2, -0.15) is 0 Å². The lowest BCUT2D eigenvalue weighted by Gasteiger charge is -2.26. The van der Waals surface area contributed by atoms with Crippen molar-refractivity contribution in [2.75, 3.05) is 6.79 Å². The number of ether oxygens (including phenoxy) is 2. The van der Waals surface area contributed by atoms with Gasteiger partial charge in [0.05, 0.1) is 0 Å². The Morgan fingerprint density at radius 1 is 1.18 bits per heavy atom. The monoisotopic (exact) mass is 150 g/mol. The zero-order chi connectivity index (χ0) is 7.52. The molecule has 11 heavy (non-hydrogen) atoms. The van der Waals surface area contributed by atoms with E-state index >= 15 is 0 Å². The first-order chi connectivity index (χ1) is 5.45. The van der Waals surface area contributed by atoms with Crippen molar-refractivity contribution < 1.29 is 9.47 Å². The fourth-order valence-electron chi connectivity index (χ4n) is 1.09. The van der Waals surface area contributed by atoms with E-state index in [1.165, 1.54) is 5.56 Å². The summed E-state index contributed by atoms with van der Waals surface area (Å²) in [5, 5.41) is 0. The number of hydrogen-bond acceptors (Lipinski definition) is 2. The molecule has 2 rings (SSSR count). The first-order valence-electron chi connectivity index (χ1n) is 3.72. The molecule has 1 aromatic rings. The summed E-state index contributed by atoms with van der Waals surface area (Å²) in [6, 6.07) is 10.2. The molecule has 0 aliphatic carbocycles. The van der Waals surface area contributed by atoms with Gasteiger partial charge in [-0.05, 0) is 5.56 Å². The van der Waals surface area contributed by atoms with Gasteiger partial charge in [0.1, 0.15) is 0 Å². The van der Waals surface area contributed by atoms with Gasteiger partial charge in [-0.15, -0.1) is 0 Å². The third kappa shape index (κ3) is 1.59. The average molecular weight is 150 g/mol. The smallest absolute Gasteiger partial charge is 0.167 e. The van der Waals surface area contributed by atoms with Gasteiger partial charge >= 0.3 is 0 Å². The molecule has 0 bridgehead atoms. The van der Waals surface area contributed by atoms with Gasteiger partial charge in [-0.1, -0.05) is 30.3 Å². The molecule has 0 saturated carbocycles. The normalized spacial score (nSPS) is 17.8. The molecule has 0 unspecified atom stereocenters. The Morgan fingerprint density at radius 3 is 2.45 bits per heavy atom. The third-order valence-corrected chi connectivity index (χ3v) is 1.75. The molecule has 0 spiro atoms. The van der Waals surface area contributed by atoms with Crippen molar-refractivity contribution in [3.63, 3.8) is 0 Å². The van der Waals surface area contributed by atoms with E-state index < -0.39 is 0 Å². The van der Waals surface area contributed by atoms with Crippen molar-refractivity contribution in [3.8, 4) is 0 Å². The molecule has 0 atom stereocenters. The van der Waals surface area contributed by atoms with E-state index in [4.69, 9.17) is 9.47 Å². The Labute approximate surface area is 65.7 Å². The highest BCUT2D eigenvalue weighted by atomic mass is 16.8. The van der Waals surface area contributed by atoms with Crippen LogP contribution in [0.3, 0.4) is 0 Å². The fourth-order valence-corrected chi connectivity index (χ4v) is 1.09. The molecule has 0 amide bonds. The molecule has 0 N–H and O–H groups in total. The summed E-state index contributed by atoms with van der Waals surface area (Å²) in [7, 11) is 0. The third-order valence-electron chi connectivity index (χ3n) is 1.75. The van der Waals surface area contributed by atoms with Crippen LogP contribution in [0, 0.1) is 0 Å². The van der Waals surface area contributed by atoms with Crippen LogP contribution in [-0.4, -0.2) is 13.1 Å². The highest BCUT2D eigenvalue weighted by Gasteiger charge is 2.18. The molecule has 1 aliphatic rings. The van der Waals surface area contributed by atoms with Crippen LogP contribution in [-0.2, 0) is 15.9 Å². The molecule has 1 aliphatic heterocycles. The molecular weight excluding hydrogens is 140 g/mol. The quantitative estimate of drug-likeness (QED) is 0.637. The van der Waals surface area contributed by atoms with E-state index in [1.54, 1.807) is 0 Å². The summed E-state index contributed by atoms with van der Waals surface area (Å²) in [5.74, 6) is 0. The molecule has 2 heteroatoms. The van der Waals surface area contributed by atoms with Gasteiger partial charge < -0.3 is 9.47 Å². The molecule has 1 aromatic carbocycles. The van der Waals surface area contributed by atoms with Crippen molar-refractivity contribution in [2.45, 2.75) is 12.7 Å². The van der Waals surface area contributed by atoms with Crippen LogP contribution >= 0.6 is 0 Å². The SMILES string of the molecule is c1ccc(CC2OCO2)cc1. The molecule has 1 heterocycles. The second-order valence-corrected chi connectivity index (χ2v) is 2.57. The molecule has 0 radical (unpaired) electrons. The summed E-state index contributed by atoms with van der Waals surface area (Å²) in [4.78, 5) is 0. The minimum absolute atomic E-state index is 0.00241. The van der Waals surface area contributed by atoms with Crippen molar-refractivity contribution in [3.05, 3.63) is 35.9 Å². The van der Waals surface area contributed by atoms with Crippen LogP contribution in [0.4, 0.5) is 0 Å². The minimum Gasteiger partial charge on any atom is -0.326 e. The highest BCUT2D eigenvalue weighted by Crippen LogP contribution is 2.13. The lowest BCUT2D eigenvalue weighted by atomic mass is 10.1. The molecular formula is C9H10O2. The molecule has 1 fully saturated rings. The van der Waals surface area contributed by atoms with Gasteiger partial charge in [0.25, 0.3) is 0 Å². The van der Waals surface area contributed by atoms with Gasteiger partial charge in [0.2, 0.25) is 0 Å². The number of hydrogen-bond donors (Lipinski definition) is 0. The summed E-state index contributed by atoms with van der Waals surface area (Å²) in [6.07, 6.45) is 0.860. The van der Waals surface area contributed by atoms with Crippen LogP contribution in [0.5, 0.6) is 0 Å². The largest absolute Gasteiger partial charge is 0.326 e. The van der Waals surface area contributed by atoms with E-state index in [0.29, 0.717) is 6.79 Å². The zero-order valence-electron chi connectivity index (χ0n) is 6.19. The van der Waals surface area contributed by atoms with Gasteiger partial charge in [-0.25, -0.2) is 0 Å². The first kappa shape index (κ1) is 6.83. The van der Waals surface area contributed by atoms with Crippen molar-refractivity contribution in [1.82, 2.24) is 0 Å². The highest BCUT2D eigenvalue weighted by molar-refractivity contribution is 5.15. The maximum absolute atomic E-state index is 5.11.